The van der Waals surface area contributed by atoms with Gasteiger partial charge >= 0.3 is 0 Å². The highest BCUT2D eigenvalue weighted by Crippen LogP contribution is 2.40. The van der Waals surface area contributed by atoms with Crippen LogP contribution in [0.2, 0.25) is 0 Å². The van der Waals surface area contributed by atoms with E-state index in [-0.39, 0.29) is 17.0 Å². The van der Waals surface area contributed by atoms with Crippen LogP contribution in [0.3, 0.4) is 0 Å². The summed E-state index contributed by atoms with van der Waals surface area (Å²) in [7, 11) is 0. The molecular formula is C20H20N2O5. The summed E-state index contributed by atoms with van der Waals surface area (Å²) in [5, 5.41) is 14.1. The van der Waals surface area contributed by atoms with Crippen LogP contribution in [0.4, 0.5) is 5.69 Å². The van der Waals surface area contributed by atoms with Crippen molar-refractivity contribution in [1.82, 2.24) is 5.32 Å². The number of rotatable bonds is 4. The molecule has 7 heteroatoms. The Morgan fingerprint density at radius 2 is 1.93 bits per heavy atom. The first kappa shape index (κ1) is 18.6. The highest BCUT2D eigenvalue weighted by Gasteiger charge is 2.35. The second-order valence-corrected chi connectivity index (χ2v) is 7.17. The molecule has 0 radical (unpaired) electrons. The summed E-state index contributed by atoms with van der Waals surface area (Å²) in [4.78, 5) is 35.1. The summed E-state index contributed by atoms with van der Waals surface area (Å²) in [6, 6.07) is 10.5. The smallest absolute Gasteiger partial charge is 0.282 e. The van der Waals surface area contributed by atoms with Crippen LogP contribution in [0.5, 0.6) is 5.75 Å². The lowest BCUT2D eigenvalue weighted by atomic mass is 9.88. The van der Waals surface area contributed by atoms with Crippen molar-refractivity contribution < 1.29 is 19.2 Å². The van der Waals surface area contributed by atoms with Gasteiger partial charge < -0.3 is 10.1 Å². The molecule has 0 saturated carbocycles. The Balaban J connectivity index is 1.97. The molecule has 1 amide bonds. The monoisotopic (exact) mass is 368 g/mol. The van der Waals surface area contributed by atoms with Crippen molar-refractivity contribution in [2.24, 2.45) is 0 Å². The number of nitro benzene ring substituents is 1. The number of nitrogens with zero attached hydrogens (tertiary/aromatic N) is 1. The molecule has 3 rings (SSSR count). The van der Waals surface area contributed by atoms with Crippen molar-refractivity contribution in [1.29, 1.82) is 0 Å². The van der Waals surface area contributed by atoms with Gasteiger partial charge in [-0.05, 0) is 45.0 Å². The number of nitrogens with one attached hydrogen (secondary N) is 1. The summed E-state index contributed by atoms with van der Waals surface area (Å²) >= 11 is 0. The number of carbonyl (C=O) groups excluding carboxylic acids is 2. The molecule has 0 unspecified atom stereocenters. The highest BCUT2D eigenvalue weighted by molar-refractivity contribution is 5.98. The van der Waals surface area contributed by atoms with Crippen molar-refractivity contribution in [3.05, 3.63) is 69.3 Å². The third-order valence-electron chi connectivity index (χ3n) is 4.52. The normalized spacial score (nSPS) is 17.4. The largest absolute Gasteiger partial charge is 0.487 e. The molecule has 0 aliphatic carbocycles. The maximum atomic E-state index is 12.8. The van der Waals surface area contributed by atoms with Crippen LogP contribution in [-0.2, 0) is 0 Å². The predicted octanol–water partition coefficient (Wildman–Crippen LogP) is 3.83. The van der Waals surface area contributed by atoms with Gasteiger partial charge in [0.25, 0.3) is 11.6 Å². The van der Waals surface area contributed by atoms with E-state index in [0.29, 0.717) is 23.3 Å². The van der Waals surface area contributed by atoms with Gasteiger partial charge in [-0.25, -0.2) is 0 Å². The van der Waals surface area contributed by atoms with Crippen molar-refractivity contribution in [3.8, 4) is 5.75 Å². The van der Waals surface area contributed by atoms with Gasteiger partial charge in [-0.15, -0.1) is 0 Å². The molecule has 140 valence electrons. The van der Waals surface area contributed by atoms with Crippen LogP contribution in [0.25, 0.3) is 0 Å². The van der Waals surface area contributed by atoms with Crippen LogP contribution in [0, 0.1) is 10.1 Å². The van der Waals surface area contributed by atoms with E-state index in [1.807, 2.05) is 13.8 Å². The first-order chi connectivity index (χ1) is 12.7. The highest BCUT2D eigenvalue weighted by atomic mass is 16.6. The summed E-state index contributed by atoms with van der Waals surface area (Å²) in [6.45, 7) is 5.27. The standard InChI is InChI=1S/C20H20N2O5/c1-12(23)13-8-9-18-15(10-13)16(11-20(2,3)27-18)21-19(24)14-6-4-5-7-17(14)22(25)26/h4-10,16H,11H2,1-3H3,(H,21,24)/t16-/m0/s1. The van der Waals surface area contributed by atoms with E-state index in [9.17, 15) is 19.7 Å². The second-order valence-electron chi connectivity index (χ2n) is 7.17. The molecule has 0 aromatic heterocycles. The molecule has 0 spiro atoms. The SMILES string of the molecule is CC(=O)c1ccc2c(c1)[C@@H](NC(=O)c1ccccc1[N+](=O)[O-])CC(C)(C)O2. The maximum absolute atomic E-state index is 12.8. The minimum absolute atomic E-state index is 0.00364. The van der Waals surface area contributed by atoms with E-state index in [4.69, 9.17) is 4.74 Å². The number of ether oxygens (including phenoxy) is 1. The maximum Gasteiger partial charge on any atom is 0.282 e. The Kier molecular flexibility index (Phi) is 4.70. The molecule has 1 heterocycles. The van der Waals surface area contributed by atoms with Crippen molar-refractivity contribution in [3.63, 3.8) is 0 Å². The lowest BCUT2D eigenvalue weighted by Gasteiger charge is -2.38. The van der Waals surface area contributed by atoms with E-state index in [1.165, 1.54) is 25.1 Å². The number of carbonyl (C=O) groups is 2. The van der Waals surface area contributed by atoms with Gasteiger partial charge in [0.15, 0.2) is 5.78 Å². The third kappa shape index (κ3) is 3.81. The van der Waals surface area contributed by atoms with Gasteiger partial charge in [-0.1, -0.05) is 12.1 Å². The van der Waals surface area contributed by atoms with Crippen LogP contribution in [0.15, 0.2) is 42.5 Å². The quantitative estimate of drug-likeness (QED) is 0.502. The molecule has 7 nitrogen and oxygen atoms in total. The molecule has 0 fully saturated rings. The molecule has 1 aliphatic heterocycles. The Bertz CT molecular complexity index is 936. The third-order valence-corrected chi connectivity index (χ3v) is 4.52. The van der Waals surface area contributed by atoms with Crippen molar-refractivity contribution in [2.45, 2.75) is 38.8 Å². The van der Waals surface area contributed by atoms with Crippen molar-refractivity contribution in [2.75, 3.05) is 0 Å². The Morgan fingerprint density at radius 1 is 1.22 bits per heavy atom. The molecule has 2 aromatic carbocycles. The lowest BCUT2D eigenvalue weighted by Crippen LogP contribution is -2.41. The van der Waals surface area contributed by atoms with E-state index in [0.717, 1.165) is 0 Å². The number of benzene rings is 2. The minimum atomic E-state index is -0.579. The van der Waals surface area contributed by atoms with Gasteiger partial charge in [0.05, 0.1) is 11.0 Å². The number of Topliss-reactive ketones (excluding diaryl/α,β-unsaturated/α-hetero) is 1. The number of hydrogen-bond donors (Lipinski definition) is 1. The average molecular weight is 368 g/mol. The van der Waals surface area contributed by atoms with E-state index in [2.05, 4.69) is 5.32 Å². The number of ketones is 1. The zero-order chi connectivity index (χ0) is 19.8. The van der Waals surface area contributed by atoms with Crippen LogP contribution < -0.4 is 10.1 Å². The summed E-state index contributed by atoms with van der Waals surface area (Å²) < 4.78 is 5.96. The second kappa shape index (κ2) is 6.83. The Labute approximate surface area is 156 Å². The van der Waals surface area contributed by atoms with Gasteiger partial charge in [0.2, 0.25) is 0 Å². The van der Waals surface area contributed by atoms with E-state index < -0.39 is 22.5 Å². The first-order valence-corrected chi connectivity index (χ1v) is 8.56. The van der Waals surface area contributed by atoms with Gasteiger partial charge in [0.1, 0.15) is 16.9 Å². The average Bonchev–Trinajstić information content (AvgIpc) is 2.60. The fourth-order valence-corrected chi connectivity index (χ4v) is 3.26. The molecule has 1 atom stereocenters. The molecule has 0 saturated heterocycles. The van der Waals surface area contributed by atoms with Gasteiger partial charge in [-0.3, -0.25) is 19.7 Å². The van der Waals surface area contributed by atoms with Crippen LogP contribution in [0.1, 0.15) is 59.5 Å². The minimum Gasteiger partial charge on any atom is -0.487 e. The summed E-state index contributed by atoms with van der Waals surface area (Å²) in [5.41, 5.74) is 0.414. The predicted molar refractivity (Wildman–Crippen MR) is 99.1 cm³/mol. The van der Waals surface area contributed by atoms with E-state index in [1.54, 1.807) is 24.3 Å². The molecule has 1 N–H and O–H groups in total. The number of para-hydroxylation sites is 1. The fraction of sp³-hybridized carbons (Fsp3) is 0.300. The summed E-state index contributed by atoms with van der Waals surface area (Å²) in [6.07, 6.45) is 0.466. The number of fused-ring (bicyclic) bond motifs is 1. The fourth-order valence-electron chi connectivity index (χ4n) is 3.26. The van der Waals surface area contributed by atoms with Crippen LogP contribution in [-0.4, -0.2) is 22.2 Å². The molecule has 0 bridgehead atoms. The number of hydrogen-bond acceptors (Lipinski definition) is 5. The number of nitro groups is 1. The van der Waals surface area contributed by atoms with Gasteiger partial charge in [0, 0.05) is 23.6 Å². The Hall–Kier alpha value is -3.22. The molecule has 2 aromatic rings. The lowest BCUT2D eigenvalue weighted by molar-refractivity contribution is -0.385. The van der Waals surface area contributed by atoms with Crippen molar-refractivity contribution >= 4 is 17.4 Å². The number of amides is 1. The first-order valence-electron chi connectivity index (χ1n) is 8.56. The molecular weight excluding hydrogens is 348 g/mol. The zero-order valence-electron chi connectivity index (χ0n) is 15.3. The molecule has 1 aliphatic rings. The van der Waals surface area contributed by atoms with E-state index >= 15 is 0 Å². The topological polar surface area (TPSA) is 98.5 Å². The molecule has 27 heavy (non-hydrogen) atoms. The van der Waals surface area contributed by atoms with Gasteiger partial charge in [-0.2, -0.15) is 0 Å². The summed E-state index contributed by atoms with van der Waals surface area (Å²) in [5.74, 6) is -0.0419. The zero-order valence-corrected chi connectivity index (χ0v) is 15.3. The Morgan fingerprint density at radius 3 is 2.59 bits per heavy atom. The van der Waals surface area contributed by atoms with Crippen LogP contribution >= 0.6 is 0 Å².